The van der Waals surface area contributed by atoms with Crippen molar-refractivity contribution in [2.24, 2.45) is 0 Å². The van der Waals surface area contributed by atoms with E-state index in [-0.39, 0.29) is 22.9 Å². The molecule has 0 amide bonds. The van der Waals surface area contributed by atoms with Gasteiger partial charge >= 0.3 is 5.97 Å². The number of rotatable bonds is 5. The van der Waals surface area contributed by atoms with Crippen molar-refractivity contribution in [3.63, 3.8) is 0 Å². The number of aromatic carboxylic acids is 1. The largest absolute Gasteiger partial charge is 0.476 e. The molecule has 2 aromatic heterocycles. The molecule has 2 aromatic rings. The van der Waals surface area contributed by atoms with Gasteiger partial charge in [-0.3, -0.25) is 4.79 Å². The lowest BCUT2D eigenvalue weighted by molar-refractivity contribution is 0.0687. The smallest absolute Gasteiger partial charge is 0.356 e. The first-order valence-corrected chi connectivity index (χ1v) is 6.62. The number of aryl methyl sites for hydroxylation is 2. The van der Waals surface area contributed by atoms with Crippen molar-refractivity contribution in [1.82, 2.24) is 9.97 Å². The summed E-state index contributed by atoms with van der Waals surface area (Å²) in [7, 11) is 0. The van der Waals surface area contributed by atoms with Crippen LogP contribution in [0.3, 0.4) is 0 Å². The maximum absolute atomic E-state index is 11.4. The summed E-state index contributed by atoms with van der Waals surface area (Å²) in [6, 6.07) is 0. The standard InChI is InChI=1S/C12H13N3O4S/c1-5-7(3)19-8(14-5)4-13-12-15-9(11(17)18)10(20-12)6(2)16/h4H2,1-3H3,(H,13,15)(H,17,18). The second-order valence-electron chi connectivity index (χ2n) is 4.16. The van der Waals surface area contributed by atoms with E-state index in [0.717, 1.165) is 22.8 Å². The van der Waals surface area contributed by atoms with Crippen molar-refractivity contribution in [3.8, 4) is 0 Å². The summed E-state index contributed by atoms with van der Waals surface area (Å²) in [4.78, 5) is 30.6. The first-order valence-electron chi connectivity index (χ1n) is 5.80. The van der Waals surface area contributed by atoms with Gasteiger partial charge in [-0.25, -0.2) is 14.8 Å². The zero-order valence-electron chi connectivity index (χ0n) is 11.2. The zero-order chi connectivity index (χ0) is 14.9. The highest BCUT2D eigenvalue weighted by Crippen LogP contribution is 2.24. The second-order valence-corrected chi connectivity index (χ2v) is 5.16. The van der Waals surface area contributed by atoms with Crippen molar-refractivity contribution < 1.29 is 19.1 Å². The highest BCUT2D eigenvalue weighted by molar-refractivity contribution is 7.17. The number of oxazole rings is 1. The Morgan fingerprint density at radius 1 is 1.35 bits per heavy atom. The summed E-state index contributed by atoms with van der Waals surface area (Å²) in [5.74, 6) is -0.328. The Morgan fingerprint density at radius 3 is 2.50 bits per heavy atom. The maximum Gasteiger partial charge on any atom is 0.356 e. The molecule has 20 heavy (non-hydrogen) atoms. The number of carboxylic acid groups (broad SMARTS) is 1. The van der Waals surface area contributed by atoms with E-state index in [4.69, 9.17) is 9.52 Å². The van der Waals surface area contributed by atoms with Crippen LogP contribution >= 0.6 is 11.3 Å². The van der Waals surface area contributed by atoms with Crippen LogP contribution in [0, 0.1) is 13.8 Å². The lowest BCUT2D eigenvalue weighted by Gasteiger charge is -1.97. The van der Waals surface area contributed by atoms with E-state index < -0.39 is 5.97 Å². The molecule has 0 aliphatic heterocycles. The summed E-state index contributed by atoms with van der Waals surface area (Å²) in [6.07, 6.45) is 0. The molecular formula is C12H13N3O4S. The molecular weight excluding hydrogens is 282 g/mol. The normalized spacial score (nSPS) is 10.6. The number of nitrogens with zero attached hydrogens (tertiary/aromatic N) is 2. The Hall–Kier alpha value is -2.22. The molecule has 0 fully saturated rings. The molecule has 2 N–H and O–H groups in total. The van der Waals surface area contributed by atoms with Crippen LogP contribution in [0.15, 0.2) is 4.42 Å². The summed E-state index contributed by atoms with van der Waals surface area (Å²) >= 11 is 1.00. The van der Waals surface area contributed by atoms with Gasteiger partial charge < -0.3 is 14.8 Å². The number of ketones is 1. The van der Waals surface area contributed by atoms with Gasteiger partial charge in [0.2, 0.25) is 5.89 Å². The first-order chi connectivity index (χ1) is 9.38. The summed E-state index contributed by atoms with van der Waals surface area (Å²) in [5.41, 5.74) is 0.571. The van der Waals surface area contributed by atoms with Gasteiger partial charge in [0.15, 0.2) is 16.6 Å². The lowest BCUT2D eigenvalue weighted by Crippen LogP contribution is -2.04. The molecule has 0 radical (unpaired) electrons. The maximum atomic E-state index is 11.4. The third-order valence-corrected chi connectivity index (χ3v) is 3.73. The molecule has 0 aromatic carbocycles. The Labute approximate surface area is 118 Å². The van der Waals surface area contributed by atoms with E-state index in [1.54, 1.807) is 0 Å². The zero-order valence-corrected chi connectivity index (χ0v) is 12.0. The number of carbonyl (C=O) groups excluding carboxylic acids is 1. The third kappa shape index (κ3) is 2.85. The monoisotopic (exact) mass is 295 g/mol. The molecule has 0 saturated heterocycles. The van der Waals surface area contributed by atoms with E-state index in [0.29, 0.717) is 11.0 Å². The summed E-state index contributed by atoms with van der Waals surface area (Å²) in [5, 5.41) is 12.2. The van der Waals surface area contributed by atoms with Crippen molar-refractivity contribution >= 4 is 28.2 Å². The van der Waals surface area contributed by atoms with Gasteiger partial charge in [0, 0.05) is 6.92 Å². The van der Waals surface area contributed by atoms with Crippen molar-refractivity contribution in [1.29, 1.82) is 0 Å². The quantitative estimate of drug-likeness (QED) is 0.815. The van der Waals surface area contributed by atoms with E-state index in [9.17, 15) is 9.59 Å². The van der Waals surface area contributed by atoms with Crippen LogP contribution in [-0.2, 0) is 6.54 Å². The SMILES string of the molecule is CC(=O)c1sc(NCc2nc(C)c(C)o2)nc1C(=O)O. The number of aromatic nitrogens is 2. The topological polar surface area (TPSA) is 105 Å². The van der Waals surface area contributed by atoms with Crippen LogP contribution in [0.1, 0.15) is 44.4 Å². The van der Waals surface area contributed by atoms with Gasteiger partial charge in [-0.1, -0.05) is 11.3 Å². The van der Waals surface area contributed by atoms with Crippen molar-refractivity contribution in [2.45, 2.75) is 27.3 Å². The molecule has 0 aliphatic carbocycles. The Balaban J connectivity index is 2.16. The number of nitrogens with one attached hydrogen (secondary N) is 1. The number of carbonyl (C=O) groups is 2. The fourth-order valence-corrected chi connectivity index (χ4v) is 2.39. The van der Waals surface area contributed by atoms with E-state index in [2.05, 4.69) is 15.3 Å². The van der Waals surface area contributed by atoms with Gasteiger partial charge in [-0.2, -0.15) is 0 Å². The number of anilines is 1. The number of Topliss-reactive ketones (excluding diaryl/α,β-unsaturated/α-hetero) is 1. The van der Waals surface area contributed by atoms with E-state index in [1.807, 2.05) is 13.8 Å². The molecule has 7 nitrogen and oxygen atoms in total. The van der Waals surface area contributed by atoms with Crippen LogP contribution in [0.4, 0.5) is 5.13 Å². The first kappa shape index (κ1) is 14.2. The van der Waals surface area contributed by atoms with Crippen molar-refractivity contribution in [3.05, 3.63) is 27.9 Å². The van der Waals surface area contributed by atoms with Gasteiger partial charge in [-0.15, -0.1) is 0 Å². The number of hydrogen-bond acceptors (Lipinski definition) is 7. The van der Waals surface area contributed by atoms with E-state index >= 15 is 0 Å². The predicted molar refractivity (Wildman–Crippen MR) is 72.4 cm³/mol. The summed E-state index contributed by atoms with van der Waals surface area (Å²) < 4.78 is 5.39. The molecule has 0 bridgehead atoms. The minimum absolute atomic E-state index is 0.125. The van der Waals surface area contributed by atoms with Crippen LogP contribution < -0.4 is 5.32 Å². The van der Waals surface area contributed by atoms with Gasteiger partial charge in [-0.05, 0) is 13.8 Å². The van der Waals surface area contributed by atoms with Gasteiger partial charge in [0.1, 0.15) is 10.6 Å². The van der Waals surface area contributed by atoms with Crippen LogP contribution in [0.2, 0.25) is 0 Å². The summed E-state index contributed by atoms with van der Waals surface area (Å²) in [6.45, 7) is 5.23. The predicted octanol–water partition coefficient (Wildman–Crippen LogP) is 2.26. The number of thiazole rings is 1. The number of hydrogen-bond donors (Lipinski definition) is 2. The third-order valence-electron chi connectivity index (χ3n) is 2.61. The molecule has 106 valence electrons. The average molecular weight is 295 g/mol. The highest BCUT2D eigenvalue weighted by atomic mass is 32.1. The molecule has 0 aliphatic rings. The average Bonchev–Trinajstić information content (AvgIpc) is 2.92. The van der Waals surface area contributed by atoms with Gasteiger partial charge in [0.25, 0.3) is 0 Å². The van der Waals surface area contributed by atoms with E-state index in [1.165, 1.54) is 6.92 Å². The molecule has 2 rings (SSSR count). The molecule has 2 heterocycles. The van der Waals surface area contributed by atoms with Crippen molar-refractivity contribution in [2.75, 3.05) is 5.32 Å². The second kappa shape index (κ2) is 5.41. The minimum atomic E-state index is -1.22. The molecule has 0 saturated carbocycles. The molecule has 8 heteroatoms. The fraction of sp³-hybridized carbons (Fsp3) is 0.333. The van der Waals surface area contributed by atoms with Crippen LogP contribution in [0.5, 0.6) is 0 Å². The Morgan fingerprint density at radius 2 is 2.05 bits per heavy atom. The Bertz CT molecular complexity index is 623. The molecule has 0 spiro atoms. The number of carboxylic acids is 1. The van der Waals surface area contributed by atoms with Crippen LogP contribution in [-0.4, -0.2) is 26.8 Å². The Kier molecular flexibility index (Phi) is 3.84. The lowest BCUT2D eigenvalue weighted by atomic mass is 10.3. The van der Waals surface area contributed by atoms with Gasteiger partial charge in [0.05, 0.1) is 12.2 Å². The van der Waals surface area contributed by atoms with Crippen LogP contribution in [0.25, 0.3) is 0 Å². The molecule has 0 unspecified atom stereocenters. The molecule has 0 atom stereocenters. The minimum Gasteiger partial charge on any atom is -0.476 e. The fourth-order valence-electron chi connectivity index (χ4n) is 1.55. The highest BCUT2D eigenvalue weighted by Gasteiger charge is 2.20.